The maximum absolute atomic E-state index is 10.6. The van der Waals surface area contributed by atoms with E-state index >= 15 is 0 Å². The summed E-state index contributed by atoms with van der Waals surface area (Å²) in [7, 11) is 0. The van der Waals surface area contributed by atoms with E-state index in [1.165, 1.54) is 5.56 Å². The molecule has 0 saturated carbocycles. The number of rotatable bonds is 6. The third-order valence-electron chi connectivity index (χ3n) is 2.18. The van der Waals surface area contributed by atoms with Crippen molar-refractivity contribution in [1.82, 2.24) is 5.32 Å². The number of hydrogen-bond donors (Lipinski definition) is 1. The lowest BCUT2D eigenvalue weighted by Crippen LogP contribution is -2.20. The second-order valence-corrected chi connectivity index (χ2v) is 3.59. The molecule has 1 rings (SSSR count). The Kier molecular flexibility index (Phi) is 5.52. The first-order chi connectivity index (χ1) is 7.29. The molecule has 0 aromatic heterocycles. The Morgan fingerprint density at radius 3 is 2.67 bits per heavy atom. The van der Waals surface area contributed by atoms with Crippen LogP contribution in [0.15, 0.2) is 30.3 Å². The molecule has 0 heterocycles. The van der Waals surface area contributed by atoms with Gasteiger partial charge in [0.05, 0.1) is 0 Å². The van der Waals surface area contributed by atoms with Crippen LogP contribution in [0.5, 0.6) is 0 Å². The van der Waals surface area contributed by atoms with Gasteiger partial charge in [-0.3, -0.25) is 4.79 Å². The standard InChI is InChI=1S/C13H18NO/c1-12(15)14-11-7-3-6-10-13-8-4-2-5-9-13/h2,4-5,8-10H,3,6-7,11H2,1H3,(H,14,15). The number of carbonyl (C=O) groups excluding carboxylic acids is 1. The summed E-state index contributed by atoms with van der Waals surface area (Å²) in [6, 6.07) is 10.3. The van der Waals surface area contributed by atoms with Gasteiger partial charge in [0.15, 0.2) is 0 Å². The van der Waals surface area contributed by atoms with Crippen molar-refractivity contribution in [2.75, 3.05) is 6.54 Å². The van der Waals surface area contributed by atoms with E-state index in [1.807, 2.05) is 18.2 Å². The number of unbranched alkanes of at least 4 members (excludes halogenated alkanes) is 2. The average Bonchev–Trinajstić information content (AvgIpc) is 2.24. The fourth-order valence-electron chi connectivity index (χ4n) is 1.39. The zero-order valence-corrected chi connectivity index (χ0v) is 9.20. The van der Waals surface area contributed by atoms with Crippen molar-refractivity contribution in [3.63, 3.8) is 0 Å². The highest BCUT2D eigenvalue weighted by Crippen LogP contribution is 2.07. The van der Waals surface area contributed by atoms with E-state index in [0.29, 0.717) is 0 Å². The molecule has 1 amide bonds. The zero-order valence-electron chi connectivity index (χ0n) is 9.20. The van der Waals surface area contributed by atoms with E-state index in [9.17, 15) is 4.79 Å². The predicted molar refractivity (Wildman–Crippen MR) is 62.4 cm³/mol. The maximum atomic E-state index is 10.6. The normalized spacial score (nSPS) is 9.93. The Bertz CT molecular complexity index is 282. The van der Waals surface area contributed by atoms with Crippen LogP contribution in [-0.4, -0.2) is 12.5 Å². The summed E-state index contributed by atoms with van der Waals surface area (Å²) in [5.74, 6) is 0.0574. The number of amides is 1. The molecule has 1 radical (unpaired) electrons. The number of carbonyl (C=O) groups is 1. The van der Waals surface area contributed by atoms with Crippen molar-refractivity contribution in [1.29, 1.82) is 0 Å². The molecule has 2 heteroatoms. The van der Waals surface area contributed by atoms with Gasteiger partial charge in [0.25, 0.3) is 0 Å². The Morgan fingerprint density at radius 2 is 2.00 bits per heavy atom. The first-order valence-electron chi connectivity index (χ1n) is 5.42. The molecule has 0 unspecified atom stereocenters. The van der Waals surface area contributed by atoms with Gasteiger partial charge in [-0.15, -0.1) is 0 Å². The molecule has 81 valence electrons. The molecule has 1 aromatic carbocycles. The summed E-state index contributed by atoms with van der Waals surface area (Å²) in [5, 5.41) is 2.79. The molecule has 0 saturated heterocycles. The van der Waals surface area contributed by atoms with Gasteiger partial charge in [-0.05, 0) is 24.8 Å². The minimum atomic E-state index is 0.0574. The minimum absolute atomic E-state index is 0.0574. The highest BCUT2D eigenvalue weighted by molar-refractivity contribution is 5.72. The van der Waals surface area contributed by atoms with E-state index < -0.39 is 0 Å². The SMILES string of the molecule is CC(=O)NCCCC[CH]c1ccccc1. The van der Waals surface area contributed by atoms with Crippen LogP contribution in [0.2, 0.25) is 0 Å². The van der Waals surface area contributed by atoms with Crippen LogP contribution in [0.4, 0.5) is 0 Å². The highest BCUT2D eigenvalue weighted by atomic mass is 16.1. The fraction of sp³-hybridized carbons (Fsp3) is 0.385. The number of nitrogens with one attached hydrogen (secondary N) is 1. The molecule has 15 heavy (non-hydrogen) atoms. The second-order valence-electron chi connectivity index (χ2n) is 3.59. The van der Waals surface area contributed by atoms with Gasteiger partial charge in [0, 0.05) is 13.5 Å². The number of benzene rings is 1. The van der Waals surface area contributed by atoms with Crippen molar-refractivity contribution in [2.45, 2.75) is 26.2 Å². The largest absolute Gasteiger partial charge is 0.356 e. The molecular weight excluding hydrogens is 186 g/mol. The van der Waals surface area contributed by atoms with E-state index in [0.717, 1.165) is 25.8 Å². The van der Waals surface area contributed by atoms with Crippen LogP contribution >= 0.6 is 0 Å². The van der Waals surface area contributed by atoms with Gasteiger partial charge in [0.1, 0.15) is 0 Å². The molecule has 0 aliphatic rings. The van der Waals surface area contributed by atoms with Crippen molar-refractivity contribution in [3.05, 3.63) is 42.3 Å². The topological polar surface area (TPSA) is 29.1 Å². The molecule has 1 N–H and O–H groups in total. The van der Waals surface area contributed by atoms with Crippen LogP contribution in [0.25, 0.3) is 0 Å². The van der Waals surface area contributed by atoms with Crippen molar-refractivity contribution in [2.24, 2.45) is 0 Å². The Labute approximate surface area is 91.7 Å². The fourth-order valence-corrected chi connectivity index (χ4v) is 1.39. The average molecular weight is 204 g/mol. The molecule has 0 aliphatic heterocycles. The van der Waals surface area contributed by atoms with Gasteiger partial charge in [-0.2, -0.15) is 0 Å². The Hall–Kier alpha value is -1.31. The van der Waals surface area contributed by atoms with Crippen LogP contribution in [0.3, 0.4) is 0 Å². The van der Waals surface area contributed by atoms with E-state index in [1.54, 1.807) is 6.92 Å². The van der Waals surface area contributed by atoms with Crippen molar-refractivity contribution < 1.29 is 4.79 Å². The molecule has 0 spiro atoms. The predicted octanol–water partition coefficient (Wildman–Crippen LogP) is 2.55. The summed E-state index contributed by atoms with van der Waals surface area (Å²) in [6.45, 7) is 2.34. The Balaban J connectivity index is 2.00. The van der Waals surface area contributed by atoms with Gasteiger partial charge in [0.2, 0.25) is 5.91 Å². The lowest BCUT2D eigenvalue weighted by Gasteiger charge is -2.02. The van der Waals surface area contributed by atoms with Gasteiger partial charge >= 0.3 is 0 Å². The highest BCUT2D eigenvalue weighted by Gasteiger charge is 1.94. The van der Waals surface area contributed by atoms with Gasteiger partial charge < -0.3 is 5.32 Å². The monoisotopic (exact) mass is 204 g/mol. The van der Waals surface area contributed by atoms with Crippen LogP contribution in [0.1, 0.15) is 31.7 Å². The van der Waals surface area contributed by atoms with Crippen molar-refractivity contribution in [3.8, 4) is 0 Å². The van der Waals surface area contributed by atoms with Crippen molar-refractivity contribution >= 4 is 5.91 Å². The lowest BCUT2D eigenvalue weighted by atomic mass is 10.1. The summed E-state index contributed by atoms with van der Waals surface area (Å²) in [6.07, 6.45) is 5.47. The molecule has 0 bridgehead atoms. The first-order valence-corrected chi connectivity index (χ1v) is 5.42. The van der Waals surface area contributed by atoms with Gasteiger partial charge in [-0.25, -0.2) is 0 Å². The summed E-state index contributed by atoms with van der Waals surface area (Å²) in [4.78, 5) is 10.6. The molecule has 0 atom stereocenters. The van der Waals surface area contributed by atoms with Crippen LogP contribution in [0, 0.1) is 6.42 Å². The van der Waals surface area contributed by atoms with E-state index in [-0.39, 0.29) is 5.91 Å². The second kappa shape index (κ2) is 7.04. The summed E-state index contributed by atoms with van der Waals surface area (Å²) >= 11 is 0. The van der Waals surface area contributed by atoms with Crippen LogP contribution in [-0.2, 0) is 4.79 Å². The van der Waals surface area contributed by atoms with Gasteiger partial charge in [-0.1, -0.05) is 36.8 Å². The van der Waals surface area contributed by atoms with E-state index in [2.05, 4.69) is 23.9 Å². The Morgan fingerprint density at radius 1 is 1.27 bits per heavy atom. The molecule has 2 nitrogen and oxygen atoms in total. The zero-order chi connectivity index (χ0) is 10.9. The van der Waals surface area contributed by atoms with E-state index in [4.69, 9.17) is 0 Å². The smallest absolute Gasteiger partial charge is 0.216 e. The van der Waals surface area contributed by atoms with Crippen LogP contribution < -0.4 is 5.32 Å². The first kappa shape index (κ1) is 11.8. The lowest BCUT2D eigenvalue weighted by molar-refractivity contribution is -0.118. The quantitative estimate of drug-likeness (QED) is 0.709. The molecule has 0 fully saturated rings. The summed E-state index contributed by atoms with van der Waals surface area (Å²) < 4.78 is 0. The minimum Gasteiger partial charge on any atom is -0.356 e. The number of hydrogen-bond acceptors (Lipinski definition) is 1. The third kappa shape index (κ3) is 5.89. The maximum Gasteiger partial charge on any atom is 0.216 e. The molecule has 1 aromatic rings. The third-order valence-corrected chi connectivity index (χ3v) is 2.18. The molecular formula is C13H18NO. The summed E-state index contributed by atoms with van der Waals surface area (Å²) in [5.41, 5.74) is 1.28. The molecule has 0 aliphatic carbocycles.